The lowest BCUT2D eigenvalue weighted by atomic mass is 9.71. The van der Waals surface area contributed by atoms with Gasteiger partial charge in [0.05, 0.1) is 17.6 Å². The van der Waals surface area contributed by atoms with Crippen LogP contribution in [0.15, 0.2) is 53.0 Å². The van der Waals surface area contributed by atoms with Gasteiger partial charge in [0.15, 0.2) is 6.61 Å². The summed E-state index contributed by atoms with van der Waals surface area (Å²) >= 11 is 3.37. The third-order valence-corrected chi connectivity index (χ3v) is 6.64. The van der Waals surface area contributed by atoms with Gasteiger partial charge in [0.2, 0.25) is 0 Å². The molecule has 2 aromatic carbocycles. The minimum Gasteiger partial charge on any atom is -0.481 e. The van der Waals surface area contributed by atoms with Gasteiger partial charge in [-0.1, -0.05) is 46.3 Å². The smallest absolute Gasteiger partial charge is 0.410 e. The second-order valence-corrected chi connectivity index (χ2v) is 10.9. The van der Waals surface area contributed by atoms with Gasteiger partial charge in [-0.25, -0.2) is 9.59 Å². The van der Waals surface area contributed by atoms with E-state index >= 15 is 0 Å². The van der Waals surface area contributed by atoms with Crippen LogP contribution < -0.4 is 10.1 Å². The van der Waals surface area contributed by atoms with Gasteiger partial charge in [0, 0.05) is 17.6 Å². The normalized spacial score (nSPS) is 14.8. The maximum Gasteiger partial charge on any atom is 0.410 e. The molecule has 2 N–H and O–H groups in total. The molecule has 2 aromatic rings. The van der Waals surface area contributed by atoms with Gasteiger partial charge in [-0.3, -0.25) is 10.2 Å². The molecule has 9 nitrogen and oxygen atoms in total. The van der Waals surface area contributed by atoms with Crippen molar-refractivity contribution >= 4 is 39.7 Å². The minimum absolute atomic E-state index is 0.0221. The number of nitrogens with zero attached hydrogens (tertiary/aromatic N) is 1. The van der Waals surface area contributed by atoms with Crippen LogP contribution in [0, 0.1) is 5.41 Å². The fraction of sp³-hybridized carbons (Fsp3) is 0.429. The number of ether oxygens (including phenoxy) is 3. The number of piperidine rings is 1. The highest BCUT2D eigenvalue weighted by molar-refractivity contribution is 9.10. The van der Waals surface area contributed by atoms with E-state index in [0.717, 1.165) is 5.56 Å². The number of benzene rings is 2. The highest BCUT2D eigenvalue weighted by Gasteiger charge is 2.42. The first kappa shape index (κ1) is 29.2. The fourth-order valence-electron chi connectivity index (χ4n) is 4.28. The Morgan fingerprint density at radius 1 is 1.08 bits per heavy atom. The van der Waals surface area contributed by atoms with Crippen LogP contribution >= 0.6 is 15.9 Å². The van der Waals surface area contributed by atoms with E-state index in [4.69, 9.17) is 19.6 Å². The lowest BCUT2D eigenvalue weighted by Crippen LogP contribution is -2.54. The van der Waals surface area contributed by atoms with Gasteiger partial charge < -0.3 is 24.4 Å². The van der Waals surface area contributed by atoms with Crippen LogP contribution in [0.25, 0.3) is 0 Å². The predicted molar refractivity (Wildman–Crippen MR) is 147 cm³/mol. The molecule has 3 rings (SSSR count). The Kier molecular flexibility index (Phi) is 9.54. The Bertz CT molecular complexity index is 1170. The molecule has 1 saturated heterocycles. The molecule has 2 amide bonds. The van der Waals surface area contributed by atoms with Crippen LogP contribution in [0.2, 0.25) is 0 Å². The molecule has 204 valence electrons. The largest absolute Gasteiger partial charge is 0.481 e. The van der Waals surface area contributed by atoms with Crippen molar-refractivity contribution < 1.29 is 28.6 Å². The molecule has 0 unspecified atom stereocenters. The Morgan fingerprint density at radius 3 is 2.34 bits per heavy atom. The molecular formula is C28H34BrN3O6. The van der Waals surface area contributed by atoms with Crippen LogP contribution in [-0.4, -0.2) is 60.6 Å². The number of carbonyl (C=O) groups is 3. The number of rotatable bonds is 7. The first-order valence-corrected chi connectivity index (χ1v) is 13.3. The number of likely N-dealkylation sites (tertiary alicyclic amines) is 1. The number of nitrogens with one attached hydrogen (secondary N) is 2. The number of amidine groups is 1. The predicted octanol–water partition coefficient (Wildman–Crippen LogP) is 5.07. The molecule has 1 heterocycles. The quantitative estimate of drug-likeness (QED) is 0.265. The number of hydrogen-bond acceptors (Lipinski definition) is 7. The summed E-state index contributed by atoms with van der Waals surface area (Å²) in [5.74, 6) is -0.872. The van der Waals surface area contributed by atoms with Crippen molar-refractivity contribution in [2.24, 2.45) is 0 Å². The van der Waals surface area contributed by atoms with Crippen molar-refractivity contribution in [3.63, 3.8) is 0 Å². The third-order valence-electron chi connectivity index (χ3n) is 6.15. The molecule has 1 aliphatic rings. The first-order chi connectivity index (χ1) is 17.9. The molecule has 0 atom stereocenters. The van der Waals surface area contributed by atoms with Gasteiger partial charge in [-0.2, -0.15) is 0 Å². The van der Waals surface area contributed by atoms with Gasteiger partial charge in [-0.15, -0.1) is 0 Å². The summed E-state index contributed by atoms with van der Waals surface area (Å²) < 4.78 is 16.6. The lowest BCUT2D eigenvalue weighted by Gasteiger charge is -2.42. The van der Waals surface area contributed by atoms with E-state index in [1.807, 2.05) is 51.1 Å². The molecule has 0 aromatic heterocycles. The Morgan fingerprint density at radius 2 is 1.74 bits per heavy atom. The number of carbonyl (C=O) groups excluding carboxylic acids is 3. The molecule has 0 aliphatic carbocycles. The van der Waals surface area contributed by atoms with Crippen LogP contribution in [0.4, 0.5) is 4.79 Å². The summed E-state index contributed by atoms with van der Waals surface area (Å²) in [5.41, 5.74) is -0.374. The zero-order chi connectivity index (χ0) is 27.9. The number of esters is 1. The molecular weight excluding hydrogens is 554 g/mol. The lowest BCUT2D eigenvalue weighted by molar-refractivity contribution is -0.145. The number of hydrogen-bond donors (Lipinski definition) is 2. The van der Waals surface area contributed by atoms with Gasteiger partial charge >= 0.3 is 12.1 Å². The fourth-order valence-corrected chi connectivity index (χ4v) is 4.64. The summed E-state index contributed by atoms with van der Waals surface area (Å²) in [5, 5.41) is 11.8. The van der Waals surface area contributed by atoms with Gasteiger partial charge in [0.1, 0.15) is 17.2 Å². The van der Waals surface area contributed by atoms with Crippen molar-refractivity contribution in [2.45, 2.75) is 51.6 Å². The summed E-state index contributed by atoms with van der Waals surface area (Å²) in [6.45, 7) is 7.77. The first-order valence-electron chi connectivity index (χ1n) is 12.5. The van der Waals surface area contributed by atoms with Crippen molar-refractivity contribution in [3.05, 3.63) is 64.1 Å². The zero-order valence-corrected chi connectivity index (χ0v) is 23.7. The van der Waals surface area contributed by atoms with E-state index in [1.165, 1.54) is 0 Å². The zero-order valence-electron chi connectivity index (χ0n) is 22.1. The van der Waals surface area contributed by atoms with Crippen molar-refractivity contribution in [3.8, 4) is 5.75 Å². The second-order valence-electron chi connectivity index (χ2n) is 9.98. The standard InChI is InChI=1S/C28H34BrN3O6/c1-5-36-23(33)18-37-22-12-11-20(29)17-21(22)24(34)31-25(30)28(19-9-7-6-8-10-19)13-15-32(16-14-28)26(35)38-27(2,3)4/h6-12,17H,5,13-16,18H2,1-4H3,(H2,30,31,34). The second kappa shape index (κ2) is 12.4. The number of halogens is 1. The summed E-state index contributed by atoms with van der Waals surface area (Å²) in [4.78, 5) is 39.4. The molecule has 0 saturated carbocycles. The van der Waals surface area contributed by atoms with Gasteiger partial charge in [0.25, 0.3) is 5.91 Å². The van der Waals surface area contributed by atoms with E-state index in [2.05, 4.69) is 21.2 Å². The average molecular weight is 588 g/mol. The molecule has 1 fully saturated rings. The summed E-state index contributed by atoms with van der Waals surface area (Å²) in [6.07, 6.45) is 0.465. The van der Waals surface area contributed by atoms with E-state index < -0.39 is 29.0 Å². The van der Waals surface area contributed by atoms with Crippen LogP contribution in [-0.2, 0) is 19.7 Å². The van der Waals surface area contributed by atoms with E-state index in [9.17, 15) is 14.4 Å². The van der Waals surface area contributed by atoms with Crippen molar-refractivity contribution in [2.75, 3.05) is 26.3 Å². The maximum absolute atomic E-state index is 13.4. The topological polar surface area (TPSA) is 118 Å². The monoisotopic (exact) mass is 587 g/mol. The van der Waals surface area contributed by atoms with Crippen LogP contribution in [0.5, 0.6) is 5.75 Å². The van der Waals surface area contributed by atoms with E-state index in [0.29, 0.717) is 30.4 Å². The molecule has 0 bridgehead atoms. The Labute approximate surface area is 231 Å². The molecule has 10 heteroatoms. The molecule has 1 aliphatic heterocycles. The van der Waals surface area contributed by atoms with Crippen LogP contribution in [0.1, 0.15) is 56.5 Å². The molecule has 38 heavy (non-hydrogen) atoms. The Hall–Kier alpha value is -3.40. The Balaban J connectivity index is 1.82. The minimum atomic E-state index is -0.812. The highest BCUT2D eigenvalue weighted by Crippen LogP contribution is 2.37. The highest BCUT2D eigenvalue weighted by atomic mass is 79.9. The van der Waals surface area contributed by atoms with Gasteiger partial charge in [-0.05, 0) is 64.3 Å². The third kappa shape index (κ3) is 7.34. The van der Waals surface area contributed by atoms with Crippen LogP contribution in [0.3, 0.4) is 0 Å². The van der Waals surface area contributed by atoms with Crippen molar-refractivity contribution in [1.29, 1.82) is 5.41 Å². The van der Waals surface area contributed by atoms with Crippen molar-refractivity contribution in [1.82, 2.24) is 10.2 Å². The van der Waals surface area contributed by atoms with E-state index in [1.54, 1.807) is 30.0 Å². The molecule has 0 spiro atoms. The summed E-state index contributed by atoms with van der Waals surface area (Å²) in [6, 6.07) is 14.4. The molecule has 0 radical (unpaired) electrons. The van der Waals surface area contributed by atoms with E-state index in [-0.39, 0.29) is 30.4 Å². The SMILES string of the molecule is CCOC(=O)COc1ccc(Br)cc1C(=O)NC(=N)C1(c2ccccc2)CCN(C(=O)OC(C)(C)C)CC1. The average Bonchev–Trinajstić information content (AvgIpc) is 2.87. The maximum atomic E-state index is 13.4. The summed E-state index contributed by atoms with van der Waals surface area (Å²) in [7, 11) is 0. The number of amides is 2.